The van der Waals surface area contributed by atoms with E-state index in [0.29, 0.717) is 12.2 Å². The first-order valence-electron chi connectivity index (χ1n) is 7.76. The predicted molar refractivity (Wildman–Crippen MR) is 89.4 cm³/mol. The second-order valence-electron chi connectivity index (χ2n) is 5.92. The van der Waals surface area contributed by atoms with E-state index < -0.39 is 0 Å². The van der Waals surface area contributed by atoms with E-state index in [-0.39, 0.29) is 17.6 Å². The van der Waals surface area contributed by atoms with E-state index in [1.165, 1.54) is 0 Å². The van der Waals surface area contributed by atoms with Crippen molar-refractivity contribution in [2.24, 2.45) is 0 Å². The molecule has 6 heteroatoms. The highest BCUT2D eigenvalue weighted by Crippen LogP contribution is 2.11. The molecule has 0 aromatic carbocycles. The van der Waals surface area contributed by atoms with Gasteiger partial charge in [0.1, 0.15) is 5.65 Å². The Hall–Kier alpha value is -2.47. The number of hydrogen-bond acceptors (Lipinski definition) is 4. The maximum Gasteiger partial charge on any atom is 0.258 e. The molecule has 0 amide bonds. The van der Waals surface area contributed by atoms with Gasteiger partial charge in [-0.2, -0.15) is 5.10 Å². The highest BCUT2D eigenvalue weighted by atomic mass is 16.1. The number of aryl methyl sites for hydroxylation is 1. The zero-order chi connectivity index (χ0) is 16.4. The second kappa shape index (κ2) is 6.34. The first-order valence-corrected chi connectivity index (χ1v) is 7.76. The van der Waals surface area contributed by atoms with E-state index >= 15 is 0 Å². The molecular weight excluding hydrogens is 290 g/mol. The van der Waals surface area contributed by atoms with Gasteiger partial charge in [-0.1, -0.05) is 6.07 Å². The molecule has 6 nitrogen and oxygen atoms in total. The van der Waals surface area contributed by atoms with Crippen LogP contribution in [0.15, 0.2) is 47.7 Å². The number of hydrogen-bond donors (Lipinski definition) is 1. The fourth-order valence-corrected chi connectivity index (χ4v) is 2.51. The third kappa shape index (κ3) is 3.32. The van der Waals surface area contributed by atoms with Crippen molar-refractivity contribution in [1.82, 2.24) is 24.5 Å². The van der Waals surface area contributed by atoms with Crippen molar-refractivity contribution < 1.29 is 0 Å². The molecule has 0 radical (unpaired) electrons. The lowest BCUT2D eigenvalue weighted by Gasteiger charge is -2.21. The van der Waals surface area contributed by atoms with E-state index in [1.54, 1.807) is 16.7 Å². The molecule has 3 heterocycles. The maximum absolute atomic E-state index is 12.1. The van der Waals surface area contributed by atoms with Gasteiger partial charge in [-0.3, -0.25) is 13.9 Å². The standard InChI is InChI=1S/C17H21N5O/c1-12-9-19-22(11-12)14(3)13(2)18-10-15-8-17(23)21-7-5-4-6-16(21)20-15/h4-9,11,13-14,18H,10H2,1-3H3/t13-,14+/m1/s1. The molecular formula is C17H21N5O. The number of nitrogens with one attached hydrogen (secondary N) is 1. The molecule has 0 spiro atoms. The van der Waals surface area contributed by atoms with Gasteiger partial charge < -0.3 is 5.32 Å². The van der Waals surface area contributed by atoms with Crippen molar-refractivity contribution in [3.8, 4) is 0 Å². The van der Waals surface area contributed by atoms with Gasteiger partial charge in [0.2, 0.25) is 0 Å². The lowest BCUT2D eigenvalue weighted by Crippen LogP contribution is -2.34. The van der Waals surface area contributed by atoms with Gasteiger partial charge in [0.15, 0.2) is 0 Å². The third-order valence-electron chi connectivity index (χ3n) is 4.10. The van der Waals surface area contributed by atoms with E-state index in [4.69, 9.17) is 0 Å². The summed E-state index contributed by atoms with van der Waals surface area (Å²) < 4.78 is 3.50. The van der Waals surface area contributed by atoms with Crippen molar-refractivity contribution in [1.29, 1.82) is 0 Å². The molecule has 0 bridgehead atoms. The minimum Gasteiger partial charge on any atom is -0.307 e. The molecule has 0 aliphatic heterocycles. The minimum absolute atomic E-state index is 0.0594. The molecule has 120 valence electrons. The number of pyridine rings is 1. The second-order valence-corrected chi connectivity index (χ2v) is 5.92. The van der Waals surface area contributed by atoms with E-state index in [1.807, 2.05) is 42.2 Å². The van der Waals surface area contributed by atoms with Crippen LogP contribution in [0.25, 0.3) is 5.65 Å². The van der Waals surface area contributed by atoms with Crippen molar-refractivity contribution in [2.45, 2.75) is 39.4 Å². The minimum atomic E-state index is -0.0594. The molecule has 23 heavy (non-hydrogen) atoms. The number of fused-ring (bicyclic) bond motifs is 1. The fourth-order valence-electron chi connectivity index (χ4n) is 2.51. The van der Waals surface area contributed by atoms with Gasteiger partial charge in [0.05, 0.1) is 17.9 Å². The molecule has 2 atom stereocenters. The molecule has 0 unspecified atom stereocenters. The van der Waals surface area contributed by atoms with Crippen LogP contribution in [0.1, 0.15) is 31.1 Å². The summed E-state index contributed by atoms with van der Waals surface area (Å²) in [5.74, 6) is 0. The molecule has 3 aromatic rings. The summed E-state index contributed by atoms with van der Waals surface area (Å²) in [4.78, 5) is 16.6. The van der Waals surface area contributed by atoms with Gasteiger partial charge in [-0.25, -0.2) is 4.98 Å². The monoisotopic (exact) mass is 311 g/mol. The van der Waals surface area contributed by atoms with Crippen LogP contribution in [-0.2, 0) is 6.54 Å². The van der Waals surface area contributed by atoms with Gasteiger partial charge in [-0.15, -0.1) is 0 Å². The zero-order valence-corrected chi connectivity index (χ0v) is 13.6. The Labute approximate surface area is 134 Å². The zero-order valence-electron chi connectivity index (χ0n) is 13.6. The molecule has 0 aliphatic rings. The predicted octanol–water partition coefficient (Wildman–Crippen LogP) is 1.94. The molecule has 3 aromatic heterocycles. The van der Waals surface area contributed by atoms with Gasteiger partial charge in [0.25, 0.3) is 5.56 Å². The van der Waals surface area contributed by atoms with Crippen molar-refractivity contribution in [3.05, 3.63) is 64.5 Å². The Kier molecular flexibility index (Phi) is 4.25. The van der Waals surface area contributed by atoms with Crippen molar-refractivity contribution >= 4 is 5.65 Å². The summed E-state index contributed by atoms with van der Waals surface area (Å²) >= 11 is 0. The van der Waals surface area contributed by atoms with E-state index in [9.17, 15) is 4.79 Å². The average Bonchev–Trinajstić information content (AvgIpc) is 2.98. The van der Waals surface area contributed by atoms with Crippen LogP contribution in [0.5, 0.6) is 0 Å². The molecule has 0 aliphatic carbocycles. The van der Waals surface area contributed by atoms with Crippen LogP contribution in [-0.4, -0.2) is 25.2 Å². The Morgan fingerprint density at radius 3 is 2.87 bits per heavy atom. The van der Waals surface area contributed by atoms with Gasteiger partial charge in [0, 0.05) is 31.0 Å². The Bertz CT molecular complexity index is 867. The number of nitrogens with zero attached hydrogens (tertiary/aromatic N) is 4. The highest BCUT2D eigenvalue weighted by molar-refractivity contribution is 5.37. The topological polar surface area (TPSA) is 64.2 Å². The average molecular weight is 311 g/mol. The Balaban J connectivity index is 1.71. The van der Waals surface area contributed by atoms with Crippen LogP contribution in [0.3, 0.4) is 0 Å². The van der Waals surface area contributed by atoms with Crippen LogP contribution in [0, 0.1) is 6.92 Å². The summed E-state index contributed by atoms with van der Waals surface area (Å²) in [7, 11) is 0. The largest absolute Gasteiger partial charge is 0.307 e. The first kappa shape index (κ1) is 15.4. The first-order chi connectivity index (χ1) is 11.0. The summed E-state index contributed by atoms with van der Waals surface area (Å²) in [5, 5.41) is 7.78. The van der Waals surface area contributed by atoms with Crippen LogP contribution < -0.4 is 10.9 Å². The lowest BCUT2D eigenvalue weighted by atomic mass is 10.1. The van der Waals surface area contributed by atoms with Crippen LogP contribution in [0.2, 0.25) is 0 Å². The third-order valence-corrected chi connectivity index (χ3v) is 4.10. The molecule has 1 N–H and O–H groups in total. The maximum atomic E-state index is 12.1. The molecule has 0 saturated carbocycles. The Morgan fingerprint density at radius 1 is 1.30 bits per heavy atom. The van der Waals surface area contributed by atoms with Crippen molar-refractivity contribution in [3.63, 3.8) is 0 Å². The van der Waals surface area contributed by atoms with Gasteiger partial charge in [-0.05, 0) is 38.5 Å². The summed E-state index contributed by atoms with van der Waals surface area (Å²) in [6.07, 6.45) is 5.62. The molecule has 0 saturated heterocycles. The number of aromatic nitrogens is 4. The fraction of sp³-hybridized carbons (Fsp3) is 0.353. The highest BCUT2D eigenvalue weighted by Gasteiger charge is 2.14. The normalized spacial score (nSPS) is 14.0. The Morgan fingerprint density at radius 2 is 2.13 bits per heavy atom. The van der Waals surface area contributed by atoms with Gasteiger partial charge >= 0.3 is 0 Å². The van der Waals surface area contributed by atoms with Crippen LogP contribution in [0.4, 0.5) is 0 Å². The molecule has 0 fully saturated rings. The molecule has 3 rings (SSSR count). The summed E-state index contributed by atoms with van der Waals surface area (Å²) in [6, 6.07) is 7.53. The summed E-state index contributed by atoms with van der Waals surface area (Å²) in [5.41, 5.74) is 2.50. The lowest BCUT2D eigenvalue weighted by molar-refractivity contribution is 0.363. The van der Waals surface area contributed by atoms with E-state index in [2.05, 4.69) is 29.2 Å². The summed E-state index contributed by atoms with van der Waals surface area (Å²) in [6.45, 7) is 6.80. The van der Waals surface area contributed by atoms with Crippen LogP contribution >= 0.6 is 0 Å². The quantitative estimate of drug-likeness (QED) is 0.782. The van der Waals surface area contributed by atoms with Crippen molar-refractivity contribution in [2.75, 3.05) is 0 Å². The van der Waals surface area contributed by atoms with E-state index in [0.717, 1.165) is 11.3 Å². The SMILES string of the molecule is Cc1cnn([C@@H](C)[C@@H](C)NCc2cc(=O)n3ccccc3n2)c1. The smallest absolute Gasteiger partial charge is 0.258 e. The number of rotatable bonds is 5.